The van der Waals surface area contributed by atoms with Crippen LogP contribution in [0.1, 0.15) is 11.1 Å². The zero-order valence-electron chi connectivity index (χ0n) is 9.59. The fraction of sp³-hybridized carbons (Fsp3) is 0.154. The summed E-state index contributed by atoms with van der Waals surface area (Å²) in [5, 5.41) is 4.01. The number of aryl methyl sites for hydroxylation is 1. The van der Waals surface area contributed by atoms with Crippen LogP contribution >= 0.6 is 27.5 Å². The molecule has 88 valence electrons. The minimum absolute atomic E-state index is 0.748. The quantitative estimate of drug-likeness (QED) is 0.857. The Morgan fingerprint density at radius 1 is 1.29 bits per heavy atom. The molecular weight excluding hydrogens is 300 g/mol. The average Bonchev–Trinajstić information content (AvgIpc) is 2.28. The zero-order chi connectivity index (χ0) is 12.4. The lowest BCUT2D eigenvalue weighted by atomic mass is 10.2. The van der Waals surface area contributed by atoms with E-state index in [0.29, 0.717) is 0 Å². The van der Waals surface area contributed by atoms with Crippen molar-refractivity contribution in [2.24, 2.45) is 0 Å². The molecule has 2 nitrogen and oxygen atoms in total. The standard InChI is InChI=1S/C13H12BrClN2/c1-8-6-10(14)13(16-7-8)17-12-5-3-4-11(15)9(12)2/h3-7H,1-2H3,(H,16,17). The molecule has 0 unspecified atom stereocenters. The maximum atomic E-state index is 6.07. The highest BCUT2D eigenvalue weighted by molar-refractivity contribution is 9.10. The van der Waals surface area contributed by atoms with E-state index in [4.69, 9.17) is 11.6 Å². The molecule has 1 aromatic carbocycles. The maximum absolute atomic E-state index is 6.07. The van der Waals surface area contributed by atoms with Gasteiger partial charge in [-0.15, -0.1) is 0 Å². The van der Waals surface area contributed by atoms with E-state index in [0.717, 1.165) is 32.1 Å². The first-order valence-corrected chi connectivity index (χ1v) is 6.39. The number of halogens is 2. The van der Waals surface area contributed by atoms with E-state index in [9.17, 15) is 0 Å². The second-order valence-corrected chi connectivity index (χ2v) is 5.14. The molecule has 0 aliphatic carbocycles. The largest absolute Gasteiger partial charge is 0.339 e. The predicted octanol–water partition coefficient (Wildman–Crippen LogP) is 4.86. The molecule has 0 bridgehead atoms. The van der Waals surface area contributed by atoms with E-state index in [1.54, 1.807) is 0 Å². The van der Waals surface area contributed by atoms with Crippen molar-refractivity contribution < 1.29 is 0 Å². The predicted molar refractivity (Wildman–Crippen MR) is 76.1 cm³/mol. The van der Waals surface area contributed by atoms with Crippen LogP contribution in [0.3, 0.4) is 0 Å². The third-order valence-electron chi connectivity index (χ3n) is 2.50. The van der Waals surface area contributed by atoms with Crippen molar-refractivity contribution >= 4 is 39.0 Å². The maximum Gasteiger partial charge on any atom is 0.144 e. The third-order valence-corrected chi connectivity index (χ3v) is 3.51. The minimum Gasteiger partial charge on any atom is -0.339 e. The summed E-state index contributed by atoms with van der Waals surface area (Å²) in [6, 6.07) is 7.80. The molecule has 0 saturated heterocycles. The van der Waals surface area contributed by atoms with Gasteiger partial charge in [-0.05, 0) is 59.1 Å². The molecular formula is C13H12BrClN2. The van der Waals surface area contributed by atoms with Crippen molar-refractivity contribution in [3.63, 3.8) is 0 Å². The van der Waals surface area contributed by atoms with Crippen LogP contribution in [0.15, 0.2) is 34.9 Å². The molecule has 2 aromatic rings. The highest BCUT2D eigenvalue weighted by Crippen LogP contribution is 2.28. The van der Waals surface area contributed by atoms with Gasteiger partial charge in [0.15, 0.2) is 0 Å². The highest BCUT2D eigenvalue weighted by Gasteiger charge is 2.06. The van der Waals surface area contributed by atoms with E-state index in [-0.39, 0.29) is 0 Å². The smallest absolute Gasteiger partial charge is 0.144 e. The second-order valence-electron chi connectivity index (χ2n) is 3.88. The molecule has 0 aliphatic heterocycles. The van der Waals surface area contributed by atoms with Gasteiger partial charge in [0, 0.05) is 16.9 Å². The summed E-state index contributed by atoms with van der Waals surface area (Å²) < 4.78 is 0.942. The summed E-state index contributed by atoms with van der Waals surface area (Å²) in [5.41, 5.74) is 3.10. The van der Waals surface area contributed by atoms with E-state index in [1.165, 1.54) is 0 Å². The van der Waals surface area contributed by atoms with Gasteiger partial charge in [-0.2, -0.15) is 0 Å². The molecule has 0 aliphatic rings. The molecule has 0 atom stereocenters. The number of aromatic nitrogens is 1. The van der Waals surface area contributed by atoms with Gasteiger partial charge in [0.1, 0.15) is 5.82 Å². The summed E-state index contributed by atoms with van der Waals surface area (Å²) in [4.78, 5) is 4.34. The Balaban J connectivity index is 2.35. The number of rotatable bonds is 2. The van der Waals surface area contributed by atoms with Crippen LogP contribution in [0.5, 0.6) is 0 Å². The number of hydrogen-bond acceptors (Lipinski definition) is 2. The lowest BCUT2D eigenvalue weighted by molar-refractivity contribution is 1.24. The highest BCUT2D eigenvalue weighted by atomic mass is 79.9. The molecule has 0 fully saturated rings. The van der Waals surface area contributed by atoms with Crippen molar-refractivity contribution in [3.05, 3.63) is 51.1 Å². The summed E-state index contributed by atoms with van der Waals surface area (Å²) in [6.45, 7) is 3.99. The van der Waals surface area contributed by atoms with Gasteiger partial charge >= 0.3 is 0 Å². The average molecular weight is 312 g/mol. The van der Waals surface area contributed by atoms with E-state index in [1.807, 2.05) is 44.3 Å². The summed E-state index contributed by atoms with van der Waals surface area (Å²) in [6.07, 6.45) is 1.83. The van der Waals surface area contributed by atoms with E-state index < -0.39 is 0 Å². The molecule has 4 heteroatoms. The van der Waals surface area contributed by atoms with Gasteiger partial charge in [-0.1, -0.05) is 17.7 Å². The van der Waals surface area contributed by atoms with Crippen molar-refractivity contribution in [2.75, 3.05) is 5.32 Å². The van der Waals surface area contributed by atoms with E-state index in [2.05, 4.69) is 26.2 Å². The number of nitrogens with zero attached hydrogens (tertiary/aromatic N) is 1. The Kier molecular flexibility index (Phi) is 3.69. The Morgan fingerprint density at radius 3 is 2.76 bits per heavy atom. The zero-order valence-corrected chi connectivity index (χ0v) is 11.9. The molecule has 0 spiro atoms. The Hall–Kier alpha value is -1.06. The first-order chi connectivity index (χ1) is 8.08. The van der Waals surface area contributed by atoms with Crippen LogP contribution in [0.2, 0.25) is 5.02 Å². The monoisotopic (exact) mass is 310 g/mol. The second kappa shape index (κ2) is 5.07. The van der Waals surface area contributed by atoms with Crippen LogP contribution in [-0.2, 0) is 0 Å². The van der Waals surface area contributed by atoms with Crippen LogP contribution in [-0.4, -0.2) is 4.98 Å². The molecule has 1 heterocycles. The topological polar surface area (TPSA) is 24.9 Å². The van der Waals surface area contributed by atoms with Gasteiger partial charge in [-0.25, -0.2) is 4.98 Å². The molecule has 0 saturated carbocycles. The molecule has 0 radical (unpaired) electrons. The first kappa shape index (κ1) is 12.4. The summed E-state index contributed by atoms with van der Waals surface area (Å²) in [7, 11) is 0. The third kappa shape index (κ3) is 2.79. The summed E-state index contributed by atoms with van der Waals surface area (Å²) >= 11 is 9.56. The number of nitrogens with one attached hydrogen (secondary N) is 1. The van der Waals surface area contributed by atoms with E-state index >= 15 is 0 Å². The van der Waals surface area contributed by atoms with Gasteiger partial charge in [0.25, 0.3) is 0 Å². The molecule has 0 amide bonds. The molecule has 1 N–H and O–H groups in total. The Bertz CT molecular complexity index is 555. The SMILES string of the molecule is Cc1cnc(Nc2cccc(Cl)c2C)c(Br)c1. The number of benzene rings is 1. The fourth-order valence-electron chi connectivity index (χ4n) is 1.50. The van der Waals surface area contributed by atoms with Crippen LogP contribution in [0.25, 0.3) is 0 Å². The van der Waals surface area contributed by atoms with Crippen molar-refractivity contribution in [3.8, 4) is 0 Å². The van der Waals surface area contributed by atoms with Gasteiger partial charge in [-0.3, -0.25) is 0 Å². The summed E-state index contributed by atoms with van der Waals surface area (Å²) in [5.74, 6) is 0.793. The van der Waals surface area contributed by atoms with Gasteiger partial charge < -0.3 is 5.32 Å². The van der Waals surface area contributed by atoms with Crippen molar-refractivity contribution in [1.29, 1.82) is 0 Å². The normalized spacial score (nSPS) is 10.4. The van der Waals surface area contributed by atoms with Crippen LogP contribution in [0, 0.1) is 13.8 Å². The Morgan fingerprint density at radius 2 is 2.06 bits per heavy atom. The van der Waals surface area contributed by atoms with Gasteiger partial charge in [0.05, 0.1) is 4.47 Å². The first-order valence-electron chi connectivity index (χ1n) is 5.22. The van der Waals surface area contributed by atoms with Gasteiger partial charge in [0.2, 0.25) is 0 Å². The molecule has 17 heavy (non-hydrogen) atoms. The fourth-order valence-corrected chi connectivity index (χ4v) is 2.23. The van der Waals surface area contributed by atoms with Crippen LogP contribution in [0.4, 0.5) is 11.5 Å². The number of hydrogen-bond donors (Lipinski definition) is 1. The van der Waals surface area contributed by atoms with Crippen LogP contribution < -0.4 is 5.32 Å². The molecule has 2 rings (SSSR count). The van der Waals surface area contributed by atoms with Crippen molar-refractivity contribution in [2.45, 2.75) is 13.8 Å². The lowest BCUT2D eigenvalue weighted by Crippen LogP contribution is -1.97. The number of pyridine rings is 1. The lowest BCUT2D eigenvalue weighted by Gasteiger charge is -2.11. The van der Waals surface area contributed by atoms with Crippen molar-refractivity contribution in [1.82, 2.24) is 4.98 Å². The molecule has 1 aromatic heterocycles. The Labute approximate surface area is 114 Å². The number of anilines is 2. The minimum atomic E-state index is 0.748.